The lowest BCUT2D eigenvalue weighted by Gasteiger charge is -2.35. The zero-order valence-corrected chi connectivity index (χ0v) is 41.7. The van der Waals surface area contributed by atoms with Crippen molar-refractivity contribution in [1.82, 2.24) is 40.4 Å². The Labute approximate surface area is 412 Å². The summed E-state index contributed by atoms with van der Waals surface area (Å²) < 4.78 is 59.0. The van der Waals surface area contributed by atoms with Crippen LogP contribution in [0.3, 0.4) is 0 Å². The van der Waals surface area contributed by atoms with Gasteiger partial charge in [-0.3, -0.25) is 9.59 Å². The van der Waals surface area contributed by atoms with E-state index in [-0.39, 0.29) is 41.1 Å². The first-order chi connectivity index (χ1) is 34.0. The van der Waals surface area contributed by atoms with Gasteiger partial charge in [-0.05, 0) is 106 Å². The van der Waals surface area contributed by atoms with Crippen LogP contribution >= 0.6 is 0 Å². The van der Waals surface area contributed by atoms with Gasteiger partial charge in [0.1, 0.15) is 35.2 Å². The van der Waals surface area contributed by atoms with Gasteiger partial charge >= 0.3 is 12.2 Å². The first-order valence-corrected chi connectivity index (χ1v) is 24.9. The van der Waals surface area contributed by atoms with Crippen molar-refractivity contribution >= 4 is 52.5 Å². The number of carbonyl (C=O) groups is 4. The molecule has 4 saturated heterocycles. The summed E-state index contributed by atoms with van der Waals surface area (Å²) in [5, 5.41) is 5.34. The molecule has 4 amide bonds. The number of amides is 4. The van der Waals surface area contributed by atoms with Crippen LogP contribution in [-0.4, -0.2) is 112 Å². The fourth-order valence-corrected chi connectivity index (χ4v) is 10.9. The molecular formula is C52H67F3N10O6. The number of hydrogen-bond donors (Lipinski definition) is 4. The lowest BCUT2D eigenvalue weighted by atomic mass is 10.0. The first-order valence-electron chi connectivity index (χ1n) is 24.9. The lowest BCUT2D eigenvalue weighted by Crippen LogP contribution is -2.51. The van der Waals surface area contributed by atoms with E-state index in [1.165, 1.54) is 32.4 Å². The molecule has 4 aliphatic rings. The summed E-state index contributed by atoms with van der Waals surface area (Å²) >= 11 is 0. The summed E-state index contributed by atoms with van der Waals surface area (Å²) in [5.74, 6) is -1.74. The Morgan fingerprint density at radius 2 is 1.28 bits per heavy atom. The molecule has 0 unspecified atom stereocenters. The summed E-state index contributed by atoms with van der Waals surface area (Å²) in [6.07, 6.45) is 8.57. The molecule has 2 aromatic carbocycles. The van der Waals surface area contributed by atoms with E-state index in [9.17, 15) is 19.2 Å². The Balaban J connectivity index is 1.09. The highest BCUT2D eigenvalue weighted by atomic mass is 19.1. The Kier molecular flexibility index (Phi) is 15.4. The maximum absolute atomic E-state index is 16.7. The van der Waals surface area contributed by atoms with Gasteiger partial charge in [-0.1, -0.05) is 40.3 Å². The number of carbonyl (C=O) groups excluding carboxylic acids is 4. The summed E-state index contributed by atoms with van der Waals surface area (Å²) in [4.78, 5) is 75.5. The monoisotopic (exact) mass is 985 g/mol. The number of anilines is 2. The number of H-pyrrole nitrogens is 2. The summed E-state index contributed by atoms with van der Waals surface area (Å²) in [7, 11) is 2.50. The van der Waals surface area contributed by atoms with Crippen molar-refractivity contribution in [2.45, 2.75) is 129 Å². The van der Waals surface area contributed by atoms with Crippen molar-refractivity contribution in [3.63, 3.8) is 0 Å². The minimum atomic E-state index is -0.825. The number of fused-ring (bicyclic) bond motifs is 1. The number of piperidine rings is 1. The average Bonchev–Trinajstić information content (AvgIpc) is 4.21. The summed E-state index contributed by atoms with van der Waals surface area (Å²) in [5.41, 5.74) is 3.37. The van der Waals surface area contributed by atoms with Crippen LogP contribution in [0.4, 0.5) is 34.1 Å². The molecule has 19 heteroatoms. The Bertz CT molecular complexity index is 2650. The number of methoxy groups -OCH3 is 2. The van der Waals surface area contributed by atoms with Crippen LogP contribution in [0.25, 0.3) is 17.1 Å². The van der Waals surface area contributed by atoms with Gasteiger partial charge in [0.15, 0.2) is 11.6 Å². The molecule has 0 aliphatic carbocycles. The molecule has 4 N–H and O–H groups in total. The molecule has 4 aromatic rings. The number of ether oxygens (including phenoxy) is 2. The van der Waals surface area contributed by atoms with Crippen molar-refractivity contribution in [1.29, 1.82) is 0 Å². The molecule has 0 saturated carbocycles. The summed E-state index contributed by atoms with van der Waals surface area (Å²) in [6, 6.07) is 2.16. The van der Waals surface area contributed by atoms with Crippen LogP contribution in [0.2, 0.25) is 0 Å². The molecule has 0 spiro atoms. The molecule has 8 rings (SSSR count). The molecule has 382 valence electrons. The van der Waals surface area contributed by atoms with Gasteiger partial charge in [-0.15, -0.1) is 0 Å². The van der Waals surface area contributed by atoms with Gasteiger partial charge in [-0.2, -0.15) is 0 Å². The summed E-state index contributed by atoms with van der Waals surface area (Å²) in [6.45, 7) is 15.8. The zero-order chi connectivity index (χ0) is 50.8. The Hall–Kier alpha value is -6.53. The molecule has 0 bridgehead atoms. The van der Waals surface area contributed by atoms with E-state index in [4.69, 9.17) is 19.4 Å². The normalized spacial score (nSPS) is 21.5. The maximum Gasteiger partial charge on any atom is 0.407 e. The standard InChI is InChI=1S/C52H67F3N10O6/c1-28(2)44(60-51(68)70-7)49(66)63-22-12-14-42(63)47-56-31(6)37(57-47)17-16-30(5)40-18-19-41(65(40)32-24-35(54)46(36(55)25-32)62-20-10-9-11-21-62)33-26-38-39(27-34(33)53)59-48(58-38)43-15-13-23-64(43)50(67)45(29(3)4)61-52(69)71-8/h16-17,24-29,40-45H,5,9-15,18-23H2,1-4,6-8H3,(H,56,57)(H,58,59)(H,60,68)(H,61,69)/b17-16-/t40-,41-,42+,43+,44+,45+/m1/s1. The van der Waals surface area contributed by atoms with E-state index in [0.29, 0.717) is 97.8 Å². The third-order valence-electron chi connectivity index (χ3n) is 14.6. The number of nitrogens with one attached hydrogen (secondary N) is 4. The van der Waals surface area contributed by atoms with Crippen LogP contribution in [0.15, 0.2) is 42.5 Å². The van der Waals surface area contributed by atoms with Gasteiger partial charge in [0.25, 0.3) is 0 Å². The number of aromatic nitrogens is 4. The number of alkyl carbamates (subject to hydrolysis) is 2. The molecule has 0 radical (unpaired) electrons. The van der Waals surface area contributed by atoms with Gasteiger partial charge in [-0.25, -0.2) is 32.7 Å². The smallest absolute Gasteiger partial charge is 0.407 e. The first kappa shape index (κ1) is 50.8. The second kappa shape index (κ2) is 21.4. The largest absolute Gasteiger partial charge is 0.453 e. The second-order valence-corrected chi connectivity index (χ2v) is 20.0. The fraction of sp³-hybridized carbons (Fsp3) is 0.538. The van der Waals surface area contributed by atoms with Crippen molar-refractivity contribution < 1.29 is 41.8 Å². The van der Waals surface area contributed by atoms with Crippen LogP contribution < -0.4 is 20.4 Å². The minimum absolute atomic E-state index is 0.0657. The van der Waals surface area contributed by atoms with Gasteiger partial charge in [0.05, 0.1) is 55.1 Å². The quantitative estimate of drug-likeness (QED) is 0.0891. The number of likely N-dealkylation sites (tertiary alicyclic amines) is 2. The lowest BCUT2D eigenvalue weighted by molar-refractivity contribution is -0.136. The van der Waals surface area contributed by atoms with E-state index in [2.05, 4.69) is 27.2 Å². The van der Waals surface area contributed by atoms with E-state index in [1.54, 1.807) is 20.8 Å². The van der Waals surface area contributed by atoms with Crippen LogP contribution in [0, 0.1) is 36.2 Å². The maximum atomic E-state index is 16.7. The predicted molar refractivity (Wildman–Crippen MR) is 264 cm³/mol. The van der Waals surface area contributed by atoms with Crippen molar-refractivity contribution in [2.24, 2.45) is 11.8 Å². The number of nitrogens with zero attached hydrogens (tertiary/aromatic N) is 6. The average molecular weight is 985 g/mol. The van der Waals surface area contributed by atoms with Gasteiger partial charge < -0.3 is 49.7 Å². The molecule has 6 heterocycles. The van der Waals surface area contributed by atoms with Crippen LogP contribution in [0.5, 0.6) is 0 Å². The van der Waals surface area contributed by atoms with Crippen molar-refractivity contribution in [3.8, 4) is 0 Å². The number of imidazole rings is 2. The van der Waals surface area contributed by atoms with Crippen LogP contribution in [0.1, 0.15) is 132 Å². The highest BCUT2D eigenvalue weighted by molar-refractivity contribution is 5.87. The van der Waals surface area contributed by atoms with Gasteiger partial charge in [0.2, 0.25) is 11.8 Å². The van der Waals surface area contributed by atoms with E-state index < -0.39 is 59.8 Å². The molecule has 16 nitrogen and oxygen atoms in total. The number of halogens is 3. The van der Waals surface area contributed by atoms with E-state index in [0.717, 1.165) is 31.4 Å². The van der Waals surface area contributed by atoms with Crippen molar-refractivity contribution in [2.75, 3.05) is 50.2 Å². The molecule has 6 atom stereocenters. The van der Waals surface area contributed by atoms with Gasteiger partial charge in [0, 0.05) is 49.2 Å². The SMILES string of the molecule is C=C(/C=C\c1nc([C@@H]2CCCN2C(=O)[C@@H](NC(=O)OC)C(C)C)[nH]c1C)[C@H]1CC[C@H](c2cc3[nH]c([C@@H]4CCCN4C(=O)[C@@H](NC(=O)OC)C(C)C)nc3cc2F)N1c1cc(F)c(N2CCCCC2)c(F)c1. The fourth-order valence-electron chi connectivity index (χ4n) is 10.9. The third-order valence-corrected chi connectivity index (χ3v) is 14.6. The van der Waals surface area contributed by atoms with E-state index >= 15 is 13.2 Å². The number of benzene rings is 2. The number of aromatic amines is 2. The number of aryl methyl sites for hydroxylation is 1. The molecular weight excluding hydrogens is 918 g/mol. The second-order valence-electron chi connectivity index (χ2n) is 20.0. The van der Waals surface area contributed by atoms with Crippen LogP contribution in [-0.2, 0) is 19.1 Å². The molecule has 4 fully saturated rings. The molecule has 71 heavy (non-hydrogen) atoms. The third kappa shape index (κ3) is 10.5. The Morgan fingerprint density at radius 1 is 0.718 bits per heavy atom. The number of rotatable bonds is 14. The molecule has 4 aliphatic heterocycles. The topological polar surface area (TPSA) is 181 Å². The Morgan fingerprint density at radius 3 is 1.83 bits per heavy atom. The molecule has 2 aromatic heterocycles. The minimum Gasteiger partial charge on any atom is -0.453 e. The highest BCUT2D eigenvalue weighted by Gasteiger charge is 2.41. The van der Waals surface area contributed by atoms with E-state index in [1.807, 2.05) is 51.7 Å². The zero-order valence-electron chi connectivity index (χ0n) is 41.7. The van der Waals surface area contributed by atoms with Crippen molar-refractivity contribution in [3.05, 3.63) is 88.5 Å². The highest BCUT2D eigenvalue weighted by Crippen LogP contribution is 2.46. The number of hydrogen-bond acceptors (Lipinski definition) is 10. The predicted octanol–water partition coefficient (Wildman–Crippen LogP) is 9.07.